The highest BCUT2D eigenvalue weighted by Gasteiger charge is 2.29. The minimum absolute atomic E-state index is 0.0498. The third-order valence-corrected chi connectivity index (χ3v) is 3.85. The maximum Gasteiger partial charge on any atom is 0.128 e. The number of halogens is 1. The first-order chi connectivity index (χ1) is 9.56. The Morgan fingerprint density at radius 3 is 2.30 bits per heavy atom. The quantitative estimate of drug-likeness (QED) is 0.771. The smallest absolute Gasteiger partial charge is 0.128 e. The van der Waals surface area contributed by atoms with Crippen molar-refractivity contribution >= 4 is 0 Å². The molecule has 0 aliphatic heterocycles. The van der Waals surface area contributed by atoms with Crippen molar-refractivity contribution in [3.63, 3.8) is 0 Å². The molecule has 0 spiro atoms. The molecule has 0 heterocycles. The molecule has 1 aromatic carbocycles. The number of hydrogen-bond donors (Lipinski definition) is 2. The Labute approximate surface area is 121 Å². The molecule has 2 unspecified atom stereocenters. The summed E-state index contributed by atoms with van der Waals surface area (Å²) in [5, 5.41) is 9.35. The maximum atomic E-state index is 14.1. The highest BCUT2D eigenvalue weighted by molar-refractivity contribution is 5.23. The van der Waals surface area contributed by atoms with E-state index in [9.17, 15) is 9.50 Å². The number of nitrogens with two attached hydrogens (primary N) is 1. The normalized spacial score (nSPS) is 14.8. The van der Waals surface area contributed by atoms with Gasteiger partial charge in [-0.15, -0.1) is 0 Å². The fraction of sp³-hybridized carbons (Fsp3) is 0.625. The van der Waals surface area contributed by atoms with Crippen molar-refractivity contribution in [3.05, 3.63) is 35.6 Å². The average molecular weight is 282 g/mol. The van der Waals surface area contributed by atoms with Crippen molar-refractivity contribution in [2.75, 3.05) is 13.2 Å². The van der Waals surface area contributed by atoms with Crippen LogP contribution in [0.2, 0.25) is 0 Å². The summed E-state index contributed by atoms with van der Waals surface area (Å²) in [7, 11) is 0. The monoisotopic (exact) mass is 282 g/mol. The Bertz CT molecular complexity index is 394. The van der Waals surface area contributed by atoms with Crippen molar-refractivity contribution in [1.82, 2.24) is 4.90 Å². The predicted octanol–water partition coefficient (Wildman–Crippen LogP) is 2.70. The topological polar surface area (TPSA) is 49.5 Å². The molecule has 114 valence electrons. The van der Waals surface area contributed by atoms with Crippen LogP contribution in [0.4, 0.5) is 4.39 Å². The lowest BCUT2D eigenvalue weighted by molar-refractivity contribution is 0.0833. The molecule has 0 fully saturated rings. The Balaban J connectivity index is 3.18. The first kappa shape index (κ1) is 17.1. The van der Waals surface area contributed by atoms with E-state index in [0.29, 0.717) is 12.1 Å². The van der Waals surface area contributed by atoms with Gasteiger partial charge in [-0.1, -0.05) is 32.0 Å². The minimum atomic E-state index is -0.233. The molecule has 0 aliphatic rings. The molecule has 0 radical (unpaired) electrons. The SMILES string of the molecule is CCC(CC)N(CCO)C(c1ccccc1F)C(C)N. The fourth-order valence-corrected chi connectivity index (χ4v) is 2.90. The summed E-state index contributed by atoms with van der Waals surface area (Å²) in [6.45, 7) is 6.67. The minimum Gasteiger partial charge on any atom is -0.395 e. The van der Waals surface area contributed by atoms with E-state index in [1.165, 1.54) is 6.07 Å². The van der Waals surface area contributed by atoms with E-state index in [2.05, 4.69) is 18.7 Å². The second-order valence-electron chi connectivity index (χ2n) is 5.26. The van der Waals surface area contributed by atoms with Gasteiger partial charge in [-0.2, -0.15) is 0 Å². The zero-order chi connectivity index (χ0) is 15.1. The van der Waals surface area contributed by atoms with Gasteiger partial charge in [0, 0.05) is 24.2 Å². The second-order valence-corrected chi connectivity index (χ2v) is 5.26. The van der Waals surface area contributed by atoms with Crippen LogP contribution >= 0.6 is 0 Å². The number of hydrogen-bond acceptors (Lipinski definition) is 3. The van der Waals surface area contributed by atoms with E-state index in [1.807, 2.05) is 13.0 Å². The van der Waals surface area contributed by atoms with Gasteiger partial charge in [-0.25, -0.2) is 4.39 Å². The van der Waals surface area contributed by atoms with Crippen molar-refractivity contribution < 1.29 is 9.50 Å². The van der Waals surface area contributed by atoms with Crippen LogP contribution in [0.5, 0.6) is 0 Å². The number of nitrogens with zero attached hydrogens (tertiary/aromatic N) is 1. The van der Waals surface area contributed by atoms with Crippen LogP contribution in [0.1, 0.15) is 45.2 Å². The van der Waals surface area contributed by atoms with E-state index in [-0.39, 0.29) is 30.5 Å². The van der Waals surface area contributed by atoms with E-state index < -0.39 is 0 Å². The van der Waals surface area contributed by atoms with Gasteiger partial charge in [0.05, 0.1) is 12.6 Å². The molecular weight excluding hydrogens is 255 g/mol. The fourth-order valence-electron chi connectivity index (χ4n) is 2.90. The third-order valence-electron chi connectivity index (χ3n) is 3.85. The molecular formula is C16H27FN2O. The van der Waals surface area contributed by atoms with Gasteiger partial charge in [0.1, 0.15) is 5.82 Å². The Hall–Kier alpha value is -0.970. The van der Waals surface area contributed by atoms with Crippen LogP contribution in [0.3, 0.4) is 0 Å². The van der Waals surface area contributed by atoms with Gasteiger partial charge in [-0.05, 0) is 25.8 Å². The summed E-state index contributed by atoms with van der Waals surface area (Å²) in [5.41, 5.74) is 6.74. The lowest BCUT2D eigenvalue weighted by atomic mass is 9.95. The van der Waals surface area contributed by atoms with Crippen LogP contribution in [0.25, 0.3) is 0 Å². The highest BCUT2D eigenvalue weighted by Crippen LogP contribution is 2.29. The molecule has 0 saturated heterocycles. The van der Waals surface area contributed by atoms with E-state index >= 15 is 0 Å². The van der Waals surface area contributed by atoms with Crippen molar-refractivity contribution in [2.24, 2.45) is 5.73 Å². The maximum absolute atomic E-state index is 14.1. The summed E-state index contributed by atoms with van der Waals surface area (Å²) in [6, 6.07) is 6.64. The standard InChI is InChI=1S/C16H27FN2O/c1-4-13(5-2)19(10-11-20)16(12(3)18)14-8-6-7-9-15(14)17/h6-9,12-13,16,20H,4-5,10-11,18H2,1-3H3. The lowest BCUT2D eigenvalue weighted by Gasteiger charge is -2.39. The van der Waals surface area contributed by atoms with Crippen LogP contribution in [-0.4, -0.2) is 35.2 Å². The van der Waals surface area contributed by atoms with Crippen molar-refractivity contribution in [1.29, 1.82) is 0 Å². The number of aliphatic hydroxyl groups is 1. The van der Waals surface area contributed by atoms with Crippen LogP contribution in [-0.2, 0) is 0 Å². The van der Waals surface area contributed by atoms with Crippen LogP contribution < -0.4 is 5.73 Å². The molecule has 0 aliphatic carbocycles. The zero-order valence-electron chi connectivity index (χ0n) is 12.7. The molecule has 0 bridgehead atoms. The molecule has 0 saturated carbocycles. The lowest BCUT2D eigenvalue weighted by Crippen LogP contribution is -2.46. The van der Waals surface area contributed by atoms with Gasteiger partial charge in [-0.3, -0.25) is 4.90 Å². The Morgan fingerprint density at radius 1 is 1.25 bits per heavy atom. The third kappa shape index (κ3) is 4.01. The molecule has 3 N–H and O–H groups in total. The first-order valence-electron chi connectivity index (χ1n) is 7.43. The van der Waals surface area contributed by atoms with Gasteiger partial charge in [0.2, 0.25) is 0 Å². The van der Waals surface area contributed by atoms with Gasteiger partial charge < -0.3 is 10.8 Å². The van der Waals surface area contributed by atoms with E-state index in [1.54, 1.807) is 12.1 Å². The van der Waals surface area contributed by atoms with Gasteiger partial charge in [0.25, 0.3) is 0 Å². The van der Waals surface area contributed by atoms with Crippen molar-refractivity contribution in [3.8, 4) is 0 Å². The molecule has 0 aromatic heterocycles. The number of benzene rings is 1. The molecule has 2 atom stereocenters. The first-order valence-corrected chi connectivity index (χ1v) is 7.43. The van der Waals surface area contributed by atoms with Gasteiger partial charge >= 0.3 is 0 Å². The zero-order valence-corrected chi connectivity index (χ0v) is 12.7. The molecule has 1 rings (SSSR count). The summed E-state index contributed by atoms with van der Waals surface area (Å²) in [6.07, 6.45) is 1.91. The molecule has 0 amide bonds. The molecule has 3 nitrogen and oxygen atoms in total. The van der Waals surface area contributed by atoms with Gasteiger partial charge in [0.15, 0.2) is 0 Å². The highest BCUT2D eigenvalue weighted by atomic mass is 19.1. The molecule has 1 aromatic rings. The second kappa shape index (κ2) is 8.35. The van der Waals surface area contributed by atoms with E-state index in [4.69, 9.17) is 5.73 Å². The molecule has 4 heteroatoms. The molecule has 20 heavy (non-hydrogen) atoms. The van der Waals surface area contributed by atoms with Crippen LogP contribution in [0, 0.1) is 5.82 Å². The summed E-state index contributed by atoms with van der Waals surface area (Å²) < 4.78 is 14.1. The van der Waals surface area contributed by atoms with Crippen LogP contribution in [0.15, 0.2) is 24.3 Å². The summed E-state index contributed by atoms with van der Waals surface area (Å²) in [5.74, 6) is -0.233. The summed E-state index contributed by atoms with van der Waals surface area (Å²) >= 11 is 0. The van der Waals surface area contributed by atoms with Crippen molar-refractivity contribution in [2.45, 2.75) is 51.7 Å². The Kier molecular flexibility index (Phi) is 7.13. The number of rotatable bonds is 8. The number of aliphatic hydroxyl groups excluding tert-OH is 1. The van der Waals surface area contributed by atoms with E-state index in [0.717, 1.165) is 12.8 Å². The average Bonchev–Trinajstić information content (AvgIpc) is 2.42. The summed E-state index contributed by atoms with van der Waals surface area (Å²) in [4.78, 5) is 2.14. The Morgan fingerprint density at radius 2 is 1.85 bits per heavy atom. The largest absolute Gasteiger partial charge is 0.395 e. The predicted molar refractivity (Wildman–Crippen MR) is 81.0 cm³/mol.